The lowest BCUT2D eigenvalue weighted by molar-refractivity contribution is -0.139. The Bertz CT molecular complexity index is 652. The van der Waals surface area contributed by atoms with Crippen LogP contribution >= 0.6 is 0 Å². The molecule has 1 N–H and O–H groups in total. The van der Waals surface area contributed by atoms with Gasteiger partial charge in [-0.3, -0.25) is 4.79 Å². The van der Waals surface area contributed by atoms with E-state index in [2.05, 4.69) is 19.9 Å². The number of carbonyl (C=O) groups excluding carboxylic acids is 1. The molecular weight excluding hydrogens is 304 g/mol. The Morgan fingerprint density at radius 3 is 2.96 bits per heavy atom. The minimum atomic E-state index is -0.356. The number of carbonyl (C=O) groups is 1. The molecule has 4 heteroatoms. The lowest BCUT2D eigenvalue weighted by Crippen LogP contribution is -2.56. The van der Waals surface area contributed by atoms with Gasteiger partial charge in [-0.15, -0.1) is 0 Å². The van der Waals surface area contributed by atoms with Crippen LogP contribution in [0.15, 0.2) is 23.8 Å². The fourth-order valence-electron chi connectivity index (χ4n) is 6.93. The zero-order valence-corrected chi connectivity index (χ0v) is 14.4. The number of fused-ring (bicyclic) bond motifs is 7. The Morgan fingerprint density at radius 1 is 1.29 bits per heavy atom. The van der Waals surface area contributed by atoms with Gasteiger partial charge in [0.1, 0.15) is 6.79 Å². The van der Waals surface area contributed by atoms with E-state index in [1.807, 2.05) is 6.08 Å². The summed E-state index contributed by atoms with van der Waals surface area (Å²) in [7, 11) is 0. The second kappa shape index (κ2) is 4.80. The van der Waals surface area contributed by atoms with Crippen molar-refractivity contribution in [2.24, 2.45) is 28.6 Å². The highest BCUT2D eigenvalue weighted by atomic mass is 16.7. The monoisotopic (exact) mass is 330 g/mol. The predicted molar refractivity (Wildman–Crippen MR) is 88.0 cm³/mol. The van der Waals surface area contributed by atoms with Gasteiger partial charge in [-0.2, -0.15) is 0 Å². The van der Waals surface area contributed by atoms with Crippen molar-refractivity contribution >= 4 is 5.78 Å². The molecule has 4 nitrogen and oxygen atoms in total. The average Bonchev–Trinajstić information content (AvgIpc) is 3.09. The predicted octanol–water partition coefficient (Wildman–Crippen LogP) is 2.62. The van der Waals surface area contributed by atoms with E-state index < -0.39 is 0 Å². The maximum Gasteiger partial charge on any atom is 0.178 e. The molecule has 0 bridgehead atoms. The highest BCUT2D eigenvalue weighted by Gasteiger charge is 2.65. The van der Waals surface area contributed by atoms with E-state index in [-0.39, 0.29) is 40.8 Å². The molecule has 0 unspecified atom stereocenters. The third-order valence-electron chi connectivity index (χ3n) is 7.93. The Hall–Kier alpha value is -0.970. The van der Waals surface area contributed by atoms with Crippen molar-refractivity contribution in [3.05, 3.63) is 23.8 Å². The molecule has 0 aromatic carbocycles. The molecule has 4 fully saturated rings. The number of aliphatic hydroxyl groups excluding tert-OH is 1. The number of hydrogen-bond donors (Lipinski definition) is 1. The van der Waals surface area contributed by atoms with Gasteiger partial charge < -0.3 is 14.6 Å². The van der Waals surface area contributed by atoms with Crippen LogP contribution in [0, 0.1) is 28.6 Å². The molecular formula is C20H26O4. The van der Waals surface area contributed by atoms with E-state index in [9.17, 15) is 9.90 Å². The summed E-state index contributed by atoms with van der Waals surface area (Å²) in [6.07, 6.45) is 9.38. The fourth-order valence-corrected chi connectivity index (χ4v) is 6.93. The number of hydrogen-bond acceptors (Lipinski definition) is 4. The first-order valence-electron chi connectivity index (χ1n) is 9.29. The van der Waals surface area contributed by atoms with Crippen LogP contribution in [0.2, 0.25) is 0 Å². The average molecular weight is 330 g/mol. The second-order valence-corrected chi connectivity index (χ2v) is 8.95. The van der Waals surface area contributed by atoms with E-state index in [1.165, 1.54) is 5.57 Å². The van der Waals surface area contributed by atoms with Gasteiger partial charge in [-0.1, -0.05) is 25.5 Å². The van der Waals surface area contributed by atoms with Crippen molar-refractivity contribution in [3.8, 4) is 0 Å². The Balaban J connectivity index is 1.55. The summed E-state index contributed by atoms with van der Waals surface area (Å²) >= 11 is 0. The van der Waals surface area contributed by atoms with Gasteiger partial charge in [0.2, 0.25) is 0 Å². The number of ketones is 1. The SMILES string of the molecule is C[C@]12C[C@H](O)[C@H]3[C@@H](CCC4=CC(=O)C=C[C@@]43C)[C@@H]1C[C@H]1OCO[C@H]12. The summed E-state index contributed by atoms with van der Waals surface area (Å²) in [5.41, 5.74) is 1.04. The Morgan fingerprint density at radius 2 is 2.12 bits per heavy atom. The largest absolute Gasteiger partial charge is 0.393 e. The number of allylic oxidation sites excluding steroid dienone is 4. The molecule has 5 rings (SSSR count). The third-order valence-corrected chi connectivity index (χ3v) is 7.93. The van der Waals surface area contributed by atoms with Crippen LogP contribution in [0.5, 0.6) is 0 Å². The Kier molecular flexibility index (Phi) is 3.06. The Labute approximate surface area is 142 Å². The minimum Gasteiger partial charge on any atom is -0.393 e. The van der Waals surface area contributed by atoms with Crippen molar-refractivity contribution in [2.45, 2.75) is 57.8 Å². The smallest absolute Gasteiger partial charge is 0.178 e. The molecule has 0 aromatic heterocycles. The molecule has 1 saturated heterocycles. The number of ether oxygens (including phenoxy) is 2. The molecule has 3 saturated carbocycles. The maximum atomic E-state index is 11.8. The standard InChI is InChI=1S/C20H26O4/c1-19-6-5-12(21)7-11(19)3-4-13-14-8-16-18(24-10-23-16)20(14,2)9-15(22)17(13)19/h5-7,13-18,22H,3-4,8-10H2,1-2H3/t13-,14-,15-,16+,17+,18+,19-,20-/m0/s1. The summed E-state index contributed by atoms with van der Waals surface area (Å²) in [6, 6.07) is 0. The molecule has 0 spiro atoms. The van der Waals surface area contributed by atoms with Gasteiger partial charge in [-0.05, 0) is 49.7 Å². The fraction of sp³-hybridized carbons (Fsp3) is 0.750. The third kappa shape index (κ3) is 1.77. The molecule has 1 aliphatic heterocycles. The van der Waals surface area contributed by atoms with Crippen LogP contribution in [0.4, 0.5) is 0 Å². The van der Waals surface area contributed by atoms with Gasteiger partial charge in [0.15, 0.2) is 5.78 Å². The summed E-state index contributed by atoms with van der Waals surface area (Å²) in [5.74, 6) is 1.29. The molecule has 0 aromatic rings. The van der Waals surface area contributed by atoms with Crippen molar-refractivity contribution in [1.29, 1.82) is 0 Å². The van der Waals surface area contributed by atoms with Gasteiger partial charge >= 0.3 is 0 Å². The topological polar surface area (TPSA) is 55.8 Å². The van der Waals surface area contributed by atoms with Crippen LogP contribution in [-0.4, -0.2) is 36.0 Å². The van der Waals surface area contributed by atoms with Crippen molar-refractivity contribution < 1.29 is 19.4 Å². The van der Waals surface area contributed by atoms with Gasteiger partial charge in [-0.25, -0.2) is 0 Å². The molecule has 0 radical (unpaired) electrons. The zero-order valence-electron chi connectivity index (χ0n) is 14.4. The lowest BCUT2D eigenvalue weighted by atomic mass is 9.47. The molecule has 5 aliphatic rings. The highest BCUT2D eigenvalue weighted by molar-refractivity contribution is 6.01. The van der Waals surface area contributed by atoms with Gasteiger partial charge in [0, 0.05) is 16.7 Å². The van der Waals surface area contributed by atoms with Crippen molar-refractivity contribution in [1.82, 2.24) is 0 Å². The summed E-state index contributed by atoms with van der Waals surface area (Å²) < 4.78 is 11.7. The zero-order chi connectivity index (χ0) is 16.7. The first-order valence-corrected chi connectivity index (χ1v) is 9.29. The molecule has 1 heterocycles. The first-order chi connectivity index (χ1) is 11.4. The van der Waals surface area contributed by atoms with Crippen LogP contribution < -0.4 is 0 Å². The van der Waals surface area contributed by atoms with E-state index in [0.29, 0.717) is 18.6 Å². The van der Waals surface area contributed by atoms with E-state index >= 15 is 0 Å². The maximum absolute atomic E-state index is 11.8. The van der Waals surface area contributed by atoms with Crippen molar-refractivity contribution in [3.63, 3.8) is 0 Å². The minimum absolute atomic E-state index is 0.00747. The molecule has 4 aliphatic carbocycles. The summed E-state index contributed by atoms with van der Waals surface area (Å²) in [5, 5.41) is 11.2. The van der Waals surface area contributed by atoms with Gasteiger partial charge in [0.05, 0.1) is 18.3 Å². The first kappa shape index (κ1) is 15.3. The number of aliphatic hydroxyl groups is 1. The number of rotatable bonds is 0. The quantitative estimate of drug-likeness (QED) is 0.742. The van der Waals surface area contributed by atoms with Crippen LogP contribution in [0.25, 0.3) is 0 Å². The van der Waals surface area contributed by atoms with Gasteiger partial charge in [0.25, 0.3) is 0 Å². The van der Waals surface area contributed by atoms with Crippen LogP contribution in [0.1, 0.15) is 39.5 Å². The molecule has 0 amide bonds. The molecule has 8 atom stereocenters. The van der Waals surface area contributed by atoms with E-state index in [4.69, 9.17) is 9.47 Å². The van der Waals surface area contributed by atoms with Crippen molar-refractivity contribution in [2.75, 3.05) is 6.79 Å². The summed E-state index contributed by atoms with van der Waals surface area (Å²) in [6.45, 7) is 4.91. The van der Waals surface area contributed by atoms with Crippen LogP contribution in [0.3, 0.4) is 0 Å². The summed E-state index contributed by atoms with van der Waals surface area (Å²) in [4.78, 5) is 11.8. The normalized spacial score (nSPS) is 55.5. The molecule has 130 valence electrons. The van der Waals surface area contributed by atoms with Crippen LogP contribution in [-0.2, 0) is 14.3 Å². The highest BCUT2D eigenvalue weighted by Crippen LogP contribution is 2.65. The van der Waals surface area contributed by atoms with E-state index in [1.54, 1.807) is 6.08 Å². The molecule has 24 heavy (non-hydrogen) atoms. The van der Waals surface area contributed by atoms with E-state index in [0.717, 1.165) is 25.7 Å². The lowest BCUT2D eigenvalue weighted by Gasteiger charge is -2.58. The second-order valence-electron chi connectivity index (χ2n) is 8.95.